The van der Waals surface area contributed by atoms with Gasteiger partial charge in [-0.15, -0.1) is 0 Å². The standard InChI is InChI=1S/C26H27ClFN3O3/c1-2-33-25-15-20(4-6-24(25)34-18-19-7-9-29-10-8-19)26(32)31-13-11-30(12-14-31)17-21-3-5-22(28)16-23(21)27/h3-10,15-16H,2,11-14,17-18H2,1H3. The van der Waals surface area contributed by atoms with E-state index in [-0.39, 0.29) is 11.7 Å². The lowest BCUT2D eigenvalue weighted by Gasteiger charge is -2.35. The highest BCUT2D eigenvalue weighted by Crippen LogP contribution is 2.30. The van der Waals surface area contributed by atoms with Crippen molar-refractivity contribution in [2.75, 3.05) is 32.8 Å². The fourth-order valence-corrected chi connectivity index (χ4v) is 4.08. The molecule has 3 aromatic rings. The van der Waals surface area contributed by atoms with Gasteiger partial charge in [0.05, 0.1) is 6.61 Å². The molecule has 2 aromatic carbocycles. The normalized spacial score (nSPS) is 14.1. The average molecular weight is 484 g/mol. The van der Waals surface area contributed by atoms with Crippen molar-refractivity contribution >= 4 is 17.5 Å². The number of pyridine rings is 1. The van der Waals surface area contributed by atoms with Gasteiger partial charge in [0.25, 0.3) is 5.91 Å². The molecule has 8 heteroatoms. The third kappa shape index (κ3) is 6.04. The van der Waals surface area contributed by atoms with Gasteiger partial charge in [0.15, 0.2) is 11.5 Å². The Hall–Kier alpha value is -3.16. The highest BCUT2D eigenvalue weighted by molar-refractivity contribution is 6.31. The van der Waals surface area contributed by atoms with E-state index in [0.717, 1.165) is 11.1 Å². The van der Waals surface area contributed by atoms with E-state index in [1.807, 2.05) is 24.0 Å². The predicted molar refractivity (Wildman–Crippen MR) is 129 cm³/mol. The van der Waals surface area contributed by atoms with E-state index in [1.54, 1.807) is 36.7 Å². The molecular weight excluding hydrogens is 457 g/mol. The molecule has 0 bridgehead atoms. The van der Waals surface area contributed by atoms with E-state index in [0.29, 0.717) is 68.0 Å². The van der Waals surface area contributed by atoms with Crippen molar-refractivity contribution in [1.29, 1.82) is 0 Å². The number of rotatable bonds is 8. The molecule has 0 aliphatic carbocycles. The van der Waals surface area contributed by atoms with Crippen LogP contribution in [0.15, 0.2) is 60.9 Å². The molecule has 0 unspecified atom stereocenters. The van der Waals surface area contributed by atoms with E-state index < -0.39 is 0 Å². The SMILES string of the molecule is CCOc1cc(C(=O)N2CCN(Cc3ccc(F)cc3Cl)CC2)ccc1OCc1ccncc1. The van der Waals surface area contributed by atoms with Crippen molar-refractivity contribution < 1.29 is 18.7 Å². The molecule has 2 heterocycles. The Bertz CT molecular complexity index is 1120. The number of benzene rings is 2. The second kappa shape index (κ2) is 11.3. The number of ether oxygens (including phenoxy) is 2. The number of nitrogens with zero attached hydrogens (tertiary/aromatic N) is 3. The Morgan fingerprint density at radius 1 is 1.00 bits per heavy atom. The zero-order valence-corrected chi connectivity index (χ0v) is 19.8. The van der Waals surface area contributed by atoms with Crippen LogP contribution in [0.3, 0.4) is 0 Å². The maximum Gasteiger partial charge on any atom is 0.254 e. The number of aromatic nitrogens is 1. The molecule has 1 aromatic heterocycles. The molecule has 4 rings (SSSR count). The van der Waals surface area contributed by atoms with Gasteiger partial charge in [0.1, 0.15) is 12.4 Å². The van der Waals surface area contributed by atoms with Gasteiger partial charge in [0, 0.05) is 55.7 Å². The van der Waals surface area contributed by atoms with Crippen LogP contribution in [-0.2, 0) is 13.2 Å². The van der Waals surface area contributed by atoms with Gasteiger partial charge in [-0.2, -0.15) is 0 Å². The van der Waals surface area contributed by atoms with Gasteiger partial charge >= 0.3 is 0 Å². The first-order valence-corrected chi connectivity index (χ1v) is 11.7. The second-order valence-electron chi connectivity index (χ2n) is 8.04. The highest BCUT2D eigenvalue weighted by Gasteiger charge is 2.23. The highest BCUT2D eigenvalue weighted by atomic mass is 35.5. The summed E-state index contributed by atoms with van der Waals surface area (Å²) in [4.78, 5) is 21.2. The van der Waals surface area contributed by atoms with E-state index in [4.69, 9.17) is 21.1 Å². The van der Waals surface area contributed by atoms with Crippen LogP contribution >= 0.6 is 11.6 Å². The first kappa shape index (κ1) is 24.0. The lowest BCUT2D eigenvalue weighted by Crippen LogP contribution is -2.48. The molecule has 1 fully saturated rings. The fraction of sp³-hybridized carbons (Fsp3) is 0.308. The third-order valence-electron chi connectivity index (χ3n) is 5.70. The molecule has 0 radical (unpaired) electrons. The molecule has 6 nitrogen and oxygen atoms in total. The van der Waals surface area contributed by atoms with Crippen molar-refractivity contribution in [3.8, 4) is 11.5 Å². The number of carbonyl (C=O) groups is 1. The minimum Gasteiger partial charge on any atom is -0.490 e. The van der Waals surface area contributed by atoms with E-state index in [9.17, 15) is 9.18 Å². The quantitative estimate of drug-likeness (QED) is 0.460. The van der Waals surface area contributed by atoms with Gasteiger partial charge in [0.2, 0.25) is 0 Å². The Morgan fingerprint density at radius 2 is 1.76 bits per heavy atom. The minimum atomic E-state index is -0.343. The summed E-state index contributed by atoms with van der Waals surface area (Å²) < 4.78 is 25.0. The van der Waals surface area contributed by atoms with Crippen molar-refractivity contribution in [1.82, 2.24) is 14.8 Å². The molecule has 0 saturated carbocycles. The summed E-state index contributed by atoms with van der Waals surface area (Å²) in [7, 11) is 0. The number of halogens is 2. The van der Waals surface area contributed by atoms with Crippen LogP contribution in [0.25, 0.3) is 0 Å². The molecular formula is C26H27ClFN3O3. The zero-order valence-electron chi connectivity index (χ0n) is 19.0. The number of hydrogen-bond acceptors (Lipinski definition) is 5. The summed E-state index contributed by atoms with van der Waals surface area (Å²) >= 11 is 6.16. The Labute approximate surface area is 203 Å². The summed E-state index contributed by atoms with van der Waals surface area (Å²) in [6.07, 6.45) is 3.44. The zero-order chi connectivity index (χ0) is 23.9. The maximum atomic E-state index is 13.3. The Morgan fingerprint density at radius 3 is 2.47 bits per heavy atom. The molecule has 178 valence electrons. The molecule has 1 saturated heterocycles. The summed E-state index contributed by atoms with van der Waals surface area (Å²) in [5.74, 6) is 0.758. The lowest BCUT2D eigenvalue weighted by atomic mass is 10.1. The van der Waals surface area contributed by atoms with Crippen LogP contribution in [0.2, 0.25) is 5.02 Å². The van der Waals surface area contributed by atoms with Gasteiger partial charge in [-0.1, -0.05) is 17.7 Å². The van der Waals surface area contributed by atoms with Gasteiger partial charge in [-0.25, -0.2) is 4.39 Å². The first-order valence-electron chi connectivity index (χ1n) is 11.3. The summed E-state index contributed by atoms with van der Waals surface area (Å²) in [6.45, 7) is 6.00. The molecule has 0 atom stereocenters. The van der Waals surface area contributed by atoms with Crippen LogP contribution in [-0.4, -0.2) is 53.5 Å². The van der Waals surface area contributed by atoms with Crippen molar-refractivity contribution in [2.24, 2.45) is 0 Å². The number of piperazine rings is 1. The number of hydrogen-bond donors (Lipinski definition) is 0. The molecule has 1 amide bonds. The topological polar surface area (TPSA) is 54.9 Å². The molecule has 34 heavy (non-hydrogen) atoms. The largest absolute Gasteiger partial charge is 0.490 e. The van der Waals surface area contributed by atoms with Crippen LogP contribution in [0.4, 0.5) is 4.39 Å². The average Bonchev–Trinajstić information content (AvgIpc) is 2.86. The van der Waals surface area contributed by atoms with Gasteiger partial charge in [-0.3, -0.25) is 14.7 Å². The fourth-order valence-electron chi connectivity index (χ4n) is 3.85. The Balaban J connectivity index is 1.37. The molecule has 1 aliphatic rings. The number of amides is 1. The second-order valence-corrected chi connectivity index (χ2v) is 8.45. The van der Waals surface area contributed by atoms with Crippen molar-refractivity contribution in [2.45, 2.75) is 20.1 Å². The summed E-state index contributed by atoms with van der Waals surface area (Å²) in [6, 6.07) is 13.5. The van der Waals surface area contributed by atoms with Crippen LogP contribution in [0.1, 0.15) is 28.4 Å². The van der Waals surface area contributed by atoms with E-state index in [2.05, 4.69) is 9.88 Å². The summed E-state index contributed by atoms with van der Waals surface area (Å²) in [5.41, 5.74) is 2.44. The van der Waals surface area contributed by atoms with Crippen LogP contribution in [0.5, 0.6) is 11.5 Å². The molecule has 0 N–H and O–H groups in total. The predicted octanol–water partition coefficient (Wildman–Crippen LogP) is 4.81. The van der Waals surface area contributed by atoms with Crippen LogP contribution in [0, 0.1) is 5.82 Å². The minimum absolute atomic E-state index is 0.0406. The monoisotopic (exact) mass is 483 g/mol. The van der Waals surface area contributed by atoms with Gasteiger partial charge in [-0.05, 0) is 60.5 Å². The molecule has 0 spiro atoms. The van der Waals surface area contributed by atoms with Gasteiger partial charge < -0.3 is 14.4 Å². The molecule has 1 aliphatic heterocycles. The number of carbonyl (C=O) groups excluding carboxylic acids is 1. The van der Waals surface area contributed by atoms with Crippen molar-refractivity contribution in [3.05, 3.63) is 88.5 Å². The first-order chi connectivity index (χ1) is 16.5. The third-order valence-corrected chi connectivity index (χ3v) is 6.05. The lowest BCUT2D eigenvalue weighted by molar-refractivity contribution is 0.0628. The smallest absolute Gasteiger partial charge is 0.254 e. The van der Waals surface area contributed by atoms with E-state index >= 15 is 0 Å². The van der Waals surface area contributed by atoms with E-state index in [1.165, 1.54) is 12.1 Å². The Kier molecular flexibility index (Phi) is 7.98. The van der Waals surface area contributed by atoms with Crippen molar-refractivity contribution in [3.63, 3.8) is 0 Å². The summed E-state index contributed by atoms with van der Waals surface area (Å²) in [5, 5.41) is 0.424. The maximum absolute atomic E-state index is 13.3. The van der Waals surface area contributed by atoms with Crippen LogP contribution < -0.4 is 9.47 Å².